The summed E-state index contributed by atoms with van der Waals surface area (Å²) in [5.74, 6) is 0. The van der Waals surface area contributed by atoms with Crippen molar-refractivity contribution in [2.45, 2.75) is 32.9 Å². The van der Waals surface area contributed by atoms with Gasteiger partial charge < -0.3 is 15.5 Å². The highest BCUT2D eigenvalue weighted by Crippen LogP contribution is 2.14. The second-order valence-corrected chi connectivity index (χ2v) is 5.06. The molecule has 1 fully saturated rings. The van der Waals surface area contributed by atoms with Crippen molar-refractivity contribution in [3.63, 3.8) is 0 Å². The third kappa shape index (κ3) is 2.82. The van der Waals surface area contributed by atoms with Gasteiger partial charge in [-0.25, -0.2) is 4.79 Å². The van der Waals surface area contributed by atoms with E-state index in [0.29, 0.717) is 0 Å². The second kappa shape index (κ2) is 5.40. The third-order valence-corrected chi connectivity index (χ3v) is 3.37. The van der Waals surface area contributed by atoms with Crippen molar-refractivity contribution in [1.29, 1.82) is 0 Å². The molecule has 2 rings (SSSR count). The van der Waals surface area contributed by atoms with Crippen LogP contribution in [0.25, 0.3) is 0 Å². The van der Waals surface area contributed by atoms with Gasteiger partial charge in [-0.05, 0) is 32.9 Å². The molecule has 2 unspecified atom stereocenters. The molecule has 1 aromatic rings. The zero-order valence-electron chi connectivity index (χ0n) is 11.2. The summed E-state index contributed by atoms with van der Waals surface area (Å²) in [7, 11) is 0. The van der Waals surface area contributed by atoms with Gasteiger partial charge in [-0.15, -0.1) is 0 Å². The van der Waals surface area contributed by atoms with Crippen molar-refractivity contribution in [2.24, 2.45) is 0 Å². The maximum Gasteiger partial charge on any atom is 0.322 e. The highest BCUT2D eigenvalue weighted by atomic mass is 16.2. The van der Waals surface area contributed by atoms with Crippen LogP contribution in [0.2, 0.25) is 0 Å². The number of urea groups is 1. The number of aryl methyl sites for hydroxylation is 1. The number of hydrogen-bond acceptors (Lipinski definition) is 2. The average molecular weight is 247 g/mol. The van der Waals surface area contributed by atoms with E-state index in [1.165, 1.54) is 5.56 Å². The van der Waals surface area contributed by atoms with Crippen LogP contribution in [0.4, 0.5) is 10.5 Å². The van der Waals surface area contributed by atoms with Crippen molar-refractivity contribution in [3.8, 4) is 0 Å². The molecule has 2 N–H and O–H groups in total. The highest BCUT2D eigenvalue weighted by Gasteiger charge is 2.28. The van der Waals surface area contributed by atoms with E-state index in [1.807, 2.05) is 36.1 Å². The van der Waals surface area contributed by atoms with Crippen molar-refractivity contribution in [3.05, 3.63) is 29.8 Å². The first kappa shape index (κ1) is 12.9. The smallest absolute Gasteiger partial charge is 0.317 e. The summed E-state index contributed by atoms with van der Waals surface area (Å²) in [5, 5.41) is 6.28. The lowest BCUT2D eigenvalue weighted by molar-refractivity contribution is 0.143. The first-order chi connectivity index (χ1) is 8.58. The van der Waals surface area contributed by atoms with E-state index in [0.717, 1.165) is 18.8 Å². The number of benzene rings is 1. The number of piperazine rings is 1. The first-order valence-corrected chi connectivity index (χ1v) is 6.44. The minimum Gasteiger partial charge on any atom is -0.317 e. The highest BCUT2D eigenvalue weighted by molar-refractivity contribution is 5.89. The van der Waals surface area contributed by atoms with E-state index in [-0.39, 0.29) is 18.1 Å². The quantitative estimate of drug-likeness (QED) is 0.799. The van der Waals surface area contributed by atoms with Gasteiger partial charge in [0.1, 0.15) is 0 Å². The molecule has 0 aliphatic carbocycles. The molecule has 0 saturated carbocycles. The molecule has 4 heteroatoms. The van der Waals surface area contributed by atoms with Crippen LogP contribution in [0.5, 0.6) is 0 Å². The molecule has 1 aliphatic rings. The molecule has 1 saturated heterocycles. The summed E-state index contributed by atoms with van der Waals surface area (Å²) in [5.41, 5.74) is 2.04. The fourth-order valence-electron chi connectivity index (χ4n) is 2.36. The Hall–Kier alpha value is -1.55. The normalized spacial score (nSPS) is 23.8. The molecule has 1 aliphatic heterocycles. The van der Waals surface area contributed by atoms with E-state index in [2.05, 4.69) is 24.5 Å². The van der Waals surface area contributed by atoms with E-state index in [9.17, 15) is 4.79 Å². The van der Waals surface area contributed by atoms with Gasteiger partial charge in [-0.3, -0.25) is 0 Å². The SMILES string of the molecule is Cc1ccc(NC(=O)N2C(C)CNCC2C)cc1. The number of carbonyl (C=O) groups is 1. The zero-order valence-corrected chi connectivity index (χ0v) is 11.2. The van der Waals surface area contributed by atoms with Gasteiger partial charge in [-0.2, -0.15) is 0 Å². The summed E-state index contributed by atoms with van der Waals surface area (Å²) in [4.78, 5) is 14.2. The van der Waals surface area contributed by atoms with Gasteiger partial charge in [0.25, 0.3) is 0 Å². The van der Waals surface area contributed by atoms with Crippen molar-refractivity contribution in [1.82, 2.24) is 10.2 Å². The van der Waals surface area contributed by atoms with Crippen molar-refractivity contribution in [2.75, 3.05) is 18.4 Å². The Balaban J connectivity index is 2.04. The Labute approximate surface area is 108 Å². The Kier molecular flexibility index (Phi) is 3.87. The number of nitrogens with one attached hydrogen (secondary N) is 2. The zero-order chi connectivity index (χ0) is 13.1. The number of amides is 2. The Morgan fingerprint density at radius 1 is 1.22 bits per heavy atom. The van der Waals surface area contributed by atoms with Crippen LogP contribution in [0, 0.1) is 6.92 Å². The number of carbonyl (C=O) groups excluding carboxylic acids is 1. The van der Waals surface area contributed by atoms with E-state index < -0.39 is 0 Å². The molecule has 1 heterocycles. The van der Waals surface area contributed by atoms with Crippen LogP contribution < -0.4 is 10.6 Å². The topological polar surface area (TPSA) is 44.4 Å². The molecule has 0 aromatic heterocycles. The van der Waals surface area contributed by atoms with Gasteiger partial charge in [0.05, 0.1) is 0 Å². The van der Waals surface area contributed by atoms with Crippen LogP contribution in [-0.2, 0) is 0 Å². The molecular weight excluding hydrogens is 226 g/mol. The van der Waals surface area contributed by atoms with E-state index in [4.69, 9.17) is 0 Å². The lowest BCUT2D eigenvalue weighted by Gasteiger charge is -2.39. The van der Waals surface area contributed by atoms with E-state index in [1.54, 1.807) is 0 Å². The predicted octanol–water partition coefficient (Wildman–Crippen LogP) is 2.21. The largest absolute Gasteiger partial charge is 0.322 e. The van der Waals surface area contributed by atoms with Gasteiger partial charge in [-0.1, -0.05) is 17.7 Å². The minimum atomic E-state index is -0.0136. The number of hydrogen-bond donors (Lipinski definition) is 2. The Morgan fingerprint density at radius 2 is 1.78 bits per heavy atom. The molecule has 18 heavy (non-hydrogen) atoms. The Bertz CT molecular complexity index is 406. The van der Waals surface area contributed by atoms with Crippen LogP contribution in [0.15, 0.2) is 24.3 Å². The second-order valence-electron chi connectivity index (χ2n) is 5.06. The number of nitrogens with zero attached hydrogens (tertiary/aromatic N) is 1. The summed E-state index contributed by atoms with van der Waals surface area (Å²) in [6, 6.07) is 8.30. The third-order valence-electron chi connectivity index (χ3n) is 3.37. The van der Waals surface area contributed by atoms with Crippen LogP contribution in [0.1, 0.15) is 19.4 Å². The maximum absolute atomic E-state index is 12.3. The van der Waals surface area contributed by atoms with Gasteiger partial charge in [0.2, 0.25) is 0 Å². The maximum atomic E-state index is 12.3. The van der Waals surface area contributed by atoms with E-state index >= 15 is 0 Å². The average Bonchev–Trinajstić information content (AvgIpc) is 2.32. The molecule has 0 bridgehead atoms. The molecule has 1 aromatic carbocycles. The summed E-state index contributed by atoms with van der Waals surface area (Å²) >= 11 is 0. The fraction of sp³-hybridized carbons (Fsp3) is 0.500. The summed E-state index contributed by atoms with van der Waals surface area (Å²) in [6.07, 6.45) is 0. The molecule has 0 spiro atoms. The molecule has 0 radical (unpaired) electrons. The minimum absolute atomic E-state index is 0.0136. The number of anilines is 1. The molecule has 98 valence electrons. The van der Waals surface area contributed by atoms with Gasteiger partial charge in [0, 0.05) is 30.9 Å². The first-order valence-electron chi connectivity index (χ1n) is 6.44. The lowest BCUT2D eigenvalue weighted by atomic mass is 10.1. The van der Waals surface area contributed by atoms with Crippen molar-refractivity contribution >= 4 is 11.7 Å². The predicted molar refractivity (Wildman–Crippen MR) is 73.8 cm³/mol. The lowest BCUT2D eigenvalue weighted by Crippen LogP contribution is -2.58. The van der Waals surface area contributed by atoms with Crippen LogP contribution >= 0.6 is 0 Å². The van der Waals surface area contributed by atoms with Gasteiger partial charge >= 0.3 is 6.03 Å². The van der Waals surface area contributed by atoms with Gasteiger partial charge in [0.15, 0.2) is 0 Å². The molecule has 2 atom stereocenters. The molecule has 4 nitrogen and oxygen atoms in total. The molecular formula is C14H21N3O. The summed E-state index contributed by atoms with van der Waals surface area (Å²) < 4.78 is 0. The fourth-order valence-corrected chi connectivity index (χ4v) is 2.36. The summed E-state index contributed by atoms with van der Waals surface area (Å²) in [6.45, 7) is 7.87. The number of rotatable bonds is 1. The van der Waals surface area contributed by atoms with Crippen LogP contribution in [-0.4, -0.2) is 36.1 Å². The Morgan fingerprint density at radius 3 is 2.33 bits per heavy atom. The van der Waals surface area contributed by atoms with Crippen LogP contribution in [0.3, 0.4) is 0 Å². The monoisotopic (exact) mass is 247 g/mol. The standard InChI is InChI=1S/C14H21N3O/c1-10-4-6-13(7-5-10)16-14(18)17-11(2)8-15-9-12(17)3/h4-7,11-12,15H,8-9H2,1-3H3,(H,16,18). The molecule has 2 amide bonds. The van der Waals surface area contributed by atoms with Crippen molar-refractivity contribution < 1.29 is 4.79 Å².